The van der Waals surface area contributed by atoms with Crippen LogP contribution in [0, 0.1) is 31.6 Å². The van der Waals surface area contributed by atoms with Crippen LogP contribution in [0.4, 0.5) is 0 Å². The smallest absolute Gasteiger partial charge is 0.277 e. The van der Waals surface area contributed by atoms with Crippen LogP contribution in [0.25, 0.3) is 0 Å². The second-order valence-electron chi connectivity index (χ2n) is 6.00. The average molecular weight is 279 g/mol. The van der Waals surface area contributed by atoms with E-state index < -0.39 is 5.56 Å². The zero-order valence-electron chi connectivity index (χ0n) is 13.2. The lowest BCUT2D eigenvalue weighted by Crippen LogP contribution is -2.37. The molecule has 20 heavy (non-hydrogen) atoms. The van der Waals surface area contributed by atoms with Gasteiger partial charge in [-0.05, 0) is 37.2 Å². The van der Waals surface area contributed by atoms with E-state index >= 15 is 0 Å². The van der Waals surface area contributed by atoms with Gasteiger partial charge in [-0.3, -0.25) is 9.59 Å². The number of hydrogen-bond donors (Lipinski definition) is 2. The molecule has 1 aromatic heterocycles. The van der Waals surface area contributed by atoms with Crippen LogP contribution in [0.3, 0.4) is 0 Å². The molecule has 1 heterocycles. The van der Waals surface area contributed by atoms with Gasteiger partial charge in [0.05, 0.1) is 5.69 Å². The van der Waals surface area contributed by atoms with Gasteiger partial charge in [0.2, 0.25) is 0 Å². The SMILES string of the molecule is Cc1n[nH]c(=O)c(C(=O)NCC(C(C)C)C(C)C)c1C. The first-order valence-electron chi connectivity index (χ1n) is 7.09. The Morgan fingerprint density at radius 2 is 1.75 bits per heavy atom. The van der Waals surface area contributed by atoms with Gasteiger partial charge in [-0.25, -0.2) is 5.10 Å². The third-order valence-electron chi connectivity index (χ3n) is 3.91. The monoisotopic (exact) mass is 279 g/mol. The molecule has 0 bridgehead atoms. The van der Waals surface area contributed by atoms with E-state index in [9.17, 15) is 9.59 Å². The predicted molar refractivity (Wildman–Crippen MR) is 79.8 cm³/mol. The molecule has 1 aromatic rings. The molecule has 0 radical (unpaired) electrons. The summed E-state index contributed by atoms with van der Waals surface area (Å²) in [6.45, 7) is 12.7. The molecular formula is C15H25N3O2. The number of aryl methyl sites for hydroxylation is 1. The zero-order chi connectivity index (χ0) is 15.4. The van der Waals surface area contributed by atoms with Crippen molar-refractivity contribution in [1.82, 2.24) is 15.5 Å². The number of rotatable bonds is 5. The lowest BCUT2D eigenvalue weighted by molar-refractivity contribution is 0.0934. The van der Waals surface area contributed by atoms with E-state index in [1.54, 1.807) is 13.8 Å². The van der Waals surface area contributed by atoms with Gasteiger partial charge >= 0.3 is 0 Å². The summed E-state index contributed by atoms with van der Waals surface area (Å²) in [5.41, 5.74) is 1.04. The normalized spacial score (nSPS) is 11.4. The summed E-state index contributed by atoms with van der Waals surface area (Å²) in [5, 5.41) is 9.10. The molecular weight excluding hydrogens is 254 g/mol. The predicted octanol–water partition coefficient (Wildman–Crippen LogP) is 2.04. The van der Waals surface area contributed by atoms with Gasteiger partial charge in [-0.1, -0.05) is 27.7 Å². The maximum atomic E-state index is 12.2. The lowest BCUT2D eigenvalue weighted by Gasteiger charge is -2.25. The van der Waals surface area contributed by atoms with Gasteiger partial charge in [0.15, 0.2) is 0 Å². The van der Waals surface area contributed by atoms with Crippen molar-refractivity contribution < 1.29 is 4.79 Å². The minimum atomic E-state index is -0.434. The Balaban J connectivity index is 2.88. The van der Waals surface area contributed by atoms with Crippen LogP contribution in [0.15, 0.2) is 4.79 Å². The Morgan fingerprint density at radius 1 is 1.20 bits per heavy atom. The van der Waals surface area contributed by atoms with Crippen molar-refractivity contribution in [3.8, 4) is 0 Å². The average Bonchev–Trinajstić information content (AvgIpc) is 2.33. The highest BCUT2D eigenvalue weighted by atomic mass is 16.2. The molecule has 1 amide bonds. The summed E-state index contributed by atoms with van der Waals surface area (Å²) in [7, 11) is 0. The lowest BCUT2D eigenvalue weighted by atomic mass is 9.85. The summed E-state index contributed by atoms with van der Waals surface area (Å²) >= 11 is 0. The molecule has 1 rings (SSSR count). The number of nitrogens with one attached hydrogen (secondary N) is 2. The van der Waals surface area contributed by atoms with E-state index in [2.05, 4.69) is 43.2 Å². The third-order valence-corrected chi connectivity index (χ3v) is 3.91. The van der Waals surface area contributed by atoms with Crippen LogP contribution in [0.2, 0.25) is 0 Å². The first-order valence-corrected chi connectivity index (χ1v) is 7.09. The van der Waals surface area contributed by atoms with Crippen LogP contribution in [-0.2, 0) is 0 Å². The van der Waals surface area contributed by atoms with Crippen LogP contribution < -0.4 is 10.9 Å². The highest BCUT2D eigenvalue weighted by Crippen LogP contribution is 2.19. The summed E-state index contributed by atoms with van der Waals surface area (Å²) in [4.78, 5) is 24.0. The molecule has 0 saturated carbocycles. The largest absolute Gasteiger partial charge is 0.352 e. The highest BCUT2D eigenvalue weighted by molar-refractivity contribution is 5.95. The molecule has 5 heteroatoms. The summed E-state index contributed by atoms with van der Waals surface area (Å²) in [6.07, 6.45) is 0. The molecule has 0 aliphatic heterocycles. The number of hydrogen-bond acceptors (Lipinski definition) is 3. The molecule has 0 atom stereocenters. The van der Waals surface area contributed by atoms with Gasteiger partial charge < -0.3 is 5.32 Å². The Morgan fingerprint density at radius 3 is 2.25 bits per heavy atom. The molecule has 0 aliphatic rings. The van der Waals surface area contributed by atoms with E-state index in [1.807, 2.05) is 0 Å². The zero-order valence-corrected chi connectivity index (χ0v) is 13.2. The second kappa shape index (κ2) is 6.68. The Kier molecular flexibility index (Phi) is 5.48. The molecule has 112 valence electrons. The summed E-state index contributed by atoms with van der Waals surface area (Å²) < 4.78 is 0. The molecule has 2 N–H and O–H groups in total. The topological polar surface area (TPSA) is 74.8 Å². The number of aromatic nitrogens is 2. The van der Waals surface area contributed by atoms with Gasteiger partial charge in [0.25, 0.3) is 11.5 Å². The molecule has 0 aliphatic carbocycles. The Bertz CT molecular complexity index is 524. The van der Waals surface area contributed by atoms with Crippen molar-refractivity contribution in [1.29, 1.82) is 0 Å². The minimum Gasteiger partial charge on any atom is -0.352 e. The Labute approximate surface area is 120 Å². The first kappa shape index (κ1) is 16.4. The quantitative estimate of drug-likeness (QED) is 0.866. The second-order valence-corrected chi connectivity index (χ2v) is 6.00. The number of carbonyl (C=O) groups is 1. The van der Waals surface area contributed by atoms with Crippen molar-refractivity contribution >= 4 is 5.91 Å². The van der Waals surface area contributed by atoms with Crippen molar-refractivity contribution in [2.45, 2.75) is 41.5 Å². The van der Waals surface area contributed by atoms with Crippen molar-refractivity contribution in [2.24, 2.45) is 17.8 Å². The van der Waals surface area contributed by atoms with Crippen LogP contribution in [-0.4, -0.2) is 22.6 Å². The first-order chi connectivity index (χ1) is 9.25. The number of aromatic amines is 1. The van der Waals surface area contributed by atoms with Crippen LogP contribution >= 0.6 is 0 Å². The van der Waals surface area contributed by atoms with E-state index in [0.717, 1.165) is 0 Å². The number of amides is 1. The van der Waals surface area contributed by atoms with Crippen LogP contribution in [0.5, 0.6) is 0 Å². The Hall–Kier alpha value is -1.65. The van der Waals surface area contributed by atoms with E-state index in [-0.39, 0.29) is 11.5 Å². The molecule has 0 fully saturated rings. The maximum absolute atomic E-state index is 12.2. The fourth-order valence-electron chi connectivity index (χ4n) is 2.44. The summed E-state index contributed by atoms with van der Waals surface area (Å²) in [5.74, 6) is 1.03. The van der Waals surface area contributed by atoms with Gasteiger partial charge in [-0.15, -0.1) is 0 Å². The summed E-state index contributed by atoms with van der Waals surface area (Å²) in [6, 6.07) is 0. The molecule has 0 aromatic carbocycles. The van der Waals surface area contributed by atoms with Gasteiger partial charge in [0, 0.05) is 6.54 Å². The fraction of sp³-hybridized carbons (Fsp3) is 0.667. The van der Waals surface area contributed by atoms with E-state index in [1.165, 1.54) is 0 Å². The molecule has 0 saturated heterocycles. The highest BCUT2D eigenvalue weighted by Gasteiger charge is 2.21. The molecule has 0 unspecified atom stereocenters. The van der Waals surface area contributed by atoms with Crippen molar-refractivity contribution in [3.05, 3.63) is 27.2 Å². The fourth-order valence-corrected chi connectivity index (χ4v) is 2.44. The van der Waals surface area contributed by atoms with E-state index in [0.29, 0.717) is 35.6 Å². The minimum absolute atomic E-state index is 0.170. The standard InChI is InChI=1S/C15H25N3O2/c1-8(2)12(9(3)4)7-16-14(19)13-10(5)11(6)17-18-15(13)20/h8-9,12H,7H2,1-6H3,(H,16,19)(H,18,20). The maximum Gasteiger partial charge on any atom is 0.277 e. The van der Waals surface area contributed by atoms with Crippen LogP contribution in [0.1, 0.15) is 49.3 Å². The van der Waals surface area contributed by atoms with Crippen molar-refractivity contribution in [3.63, 3.8) is 0 Å². The number of nitrogens with zero attached hydrogens (tertiary/aromatic N) is 1. The molecule has 0 spiro atoms. The van der Waals surface area contributed by atoms with Gasteiger partial charge in [0.1, 0.15) is 5.56 Å². The number of H-pyrrole nitrogens is 1. The number of carbonyl (C=O) groups excluding carboxylic acids is 1. The third kappa shape index (κ3) is 3.68. The van der Waals surface area contributed by atoms with Crippen molar-refractivity contribution in [2.75, 3.05) is 6.54 Å². The van der Waals surface area contributed by atoms with E-state index in [4.69, 9.17) is 0 Å². The van der Waals surface area contributed by atoms with Gasteiger partial charge in [-0.2, -0.15) is 5.10 Å². The molecule has 5 nitrogen and oxygen atoms in total.